The number of carbonyl (C=O) groups excluding carboxylic acids is 1. The molecule has 0 atom stereocenters. The Morgan fingerprint density at radius 1 is 1.14 bits per heavy atom. The van der Waals surface area contributed by atoms with Crippen molar-refractivity contribution >= 4 is 5.91 Å². The van der Waals surface area contributed by atoms with E-state index in [4.69, 9.17) is 4.42 Å². The summed E-state index contributed by atoms with van der Waals surface area (Å²) in [4.78, 5) is 11.5. The van der Waals surface area contributed by atoms with Gasteiger partial charge in [-0.15, -0.1) is 0 Å². The highest BCUT2D eigenvalue weighted by atomic mass is 16.3. The van der Waals surface area contributed by atoms with Crippen LogP contribution in [0.1, 0.15) is 31.6 Å². The number of hydrogen-bond donors (Lipinski definition) is 2. The van der Waals surface area contributed by atoms with Crippen LogP contribution >= 0.6 is 0 Å². The van der Waals surface area contributed by atoms with Gasteiger partial charge in [-0.1, -0.05) is 29.8 Å². The van der Waals surface area contributed by atoms with Gasteiger partial charge in [-0.2, -0.15) is 0 Å². The van der Waals surface area contributed by atoms with E-state index >= 15 is 0 Å². The molecule has 1 aromatic carbocycles. The van der Waals surface area contributed by atoms with E-state index in [1.807, 2.05) is 26.0 Å². The quantitative estimate of drug-likeness (QED) is 0.772. The lowest BCUT2D eigenvalue weighted by molar-refractivity contribution is -0.121. The van der Waals surface area contributed by atoms with Crippen molar-refractivity contribution in [2.24, 2.45) is 0 Å². The molecule has 4 heteroatoms. The van der Waals surface area contributed by atoms with Crippen molar-refractivity contribution in [1.29, 1.82) is 0 Å². The molecule has 0 aliphatic rings. The molecule has 0 unspecified atom stereocenters. The maximum atomic E-state index is 11.5. The number of benzene rings is 1. The number of amides is 1. The van der Waals surface area contributed by atoms with E-state index in [0.717, 1.165) is 17.1 Å². The second-order valence-corrected chi connectivity index (χ2v) is 5.78. The molecule has 118 valence electrons. The van der Waals surface area contributed by atoms with Gasteiger partial charge in [0, 0.05) is 24.6 Å². The number of furan rings is 1. The highest BCUT2D eigenvalue weighted by Crippen LogP contribution is 2.22. The molecule has 2 rings (SSSR count). The van der Waals surface area contributed by atoms with Gasteiger partial charge in [-0.05, 0) is 32.9 Å². The molecule has 1 heterocycles. The fraction of sp³-hybridized carbons (Fsp3) is 0.389. The monoisotopic (exact) mass is 300 g/mol. The molecule has 1 aromatic heterocycles. The highest BCUT2D eigenvalue weighted by molar-refractivity contribution is 5.76. The summed E-state index contributed by atoms with van der Waals surface area (Å²) in [6.07, 6.45) is 0.476. The highest BCUT2D eigenvalue weighted by Gasteiger charge is 2.06. The van der Waals surface area contributed by atoms with E-state index in [2.05, 4.69) is 41.8 Å². The van der Waals surface area contributed by atoms with Crippen LogP contribution in [0.3, 0.4) is 0 Å². The predicted octanol–water partition coefficient (Wildman–Crippen LogP) is 3.26. The Labute approximate surface area is 131 Å². The number of nitrogens with one attached hydrogen (secondary N) is 2. The summed E-state index contributed by atoms with van der Waals surface area (Å²) in [5, 5.41) is 6.09. The van der Waals surface area contributed by atoms with Gasteiger partial charge in [-0.25, -0.2) is 0 Å². The number of rotatable bonds is 7. The van der Waals surface area contributed by atoms with Crippen LogP contribution < -0.4 is 10.6 Å². The van der Waals surface area contributed by atoms with Gasteiger partial charge in [-0.3, -0.25) is 4.79 Å². The molecule has 0 saturated carbocycles. The maximum absolute atomic E-state index is 11.5. The zero-order valence-electron chi connectivity index (χ0n) is 13.5. The molecule has 0 aliphatic heterocycles. The van der Waals surface area contributed by atoms with E-state index in [1.54, 1.807) is 0 Å². The van der Waals surface area contributed by atoms with Crippen molar-refractivity contribution in [3.05, 3.63) is 47.7 Å². The molecule has 2 N–H and O–H groups in total. The molecular formula is C18H24N2O2. The second kappa shape index (κ2) is 7.80. The van der Waals surface area contributed by atoms with Crippen LogP contribution in [-0.4, -0.2) is 18.5 Å². The van der Waals surface area contributed by atoms with Gasteiger partial charge in [0.2, 0.25) is 5.91 Å². The fourth-order valence-electron chi connectivity index (χ4n) is 2.15. The summed E-state index contributed by atoms with van der Waals surface area (Å²) in [7, 11) is 0. The van der Waals surface area contributed by atoms with Crippen molar-refractivity contribution in [2.45, 2.75) is 39.8 Å². The first-order chi connectivity index (χ1) is 10.5. The fourth-order valence-corrected chi connectivity index (χ4v) is 2.15. The Morgan fingerprint density at radius 3 is 2.55 bits per heavy atom. The van der Waals surface area contributed by atoms with Gasteiger partial charge in [0.1, 0.15) is 11.5 Å². The summed E-state index contributed by atoms with van der Waals surface area (Å²) in [6, 6.07) is 12.4. The zero-order valence-corrected chi connectivity index (χ0v) is 13.5. The standard InChI is InChI=1S/C18H24N2O2/c1-13(2)20-18(21)10-11-19-12-16-8-9-17(22-16)15-6-4-14(3)5-7-15/h4-9,13,19H,10-12H2,1-3H3,(H,20,21). The molecule has 0 saturated heterocycles. The molecule has 2 aromatic rings. The molecule has 0 fully saturated rings. The molecule has 0 spiro atoms. The van der Waals surface area contributed by atoms with E-state index in [0.29, 0.717) is 19.5 Å². The largest absolute Gasteiger partial charge is 0.460 e. The van der Waals surface area contributed by atoms with Gasteiger partial charge in [0.15, 0.2) is 0 Å². The predicted molar refractivity (Wildman–Crippen MR) is 88.5 cm³/mol. The van der Waals surface area contributed by atoms with Crippen molar-refractivity contribution < 1.29 is 9.21 Å². The Balaban J connectivity index is 1.78. The van der Waals surface area contributed by atoms with Crippen LogP contribution in [0, 0.1) is 6.92 Å². The van der Waals surface area contributed by atoms with Crippen LogP contribution in [0.4, 0.5) is 0 Å². The molecular weight excluding hydrogens is 276 g/mol. The minimum atomic E-state index is 0.0716. The third-order valence-corrected chi connectivity index (χ3v) is 3.28. The Hall–Kier alpha value is -2.07. The van der Waals surface area contributed by atoms with E-state index < -0.39 is 0 Å². The molecule has 0 radical (unpaired) electrons. The summed E-state index contributed by atoms with van der Waals surface area (Å²) in [5.41, 5.74) is 2.31. The molecule has 22 heavy (non-hydrogen) atoms. The van der Waals surface area contributed by atoms with Crippen LogP contribution in [0.15, 0.2) is 40.8 Å². The summed E-state index contributed by atoms with van der Waals surface area (Å²) >= 11 is 0. The number of carbonyl (C=O) groups is 1. The molecule has 0 bridgehead atoms. The Bertz CT molecular complexity index is 600. The lowest BCUT2D eigenvalue weighted by Gasteiger charge is -2.08. The minimum absolute atomic E-state index is 0.0716. The molecule has 1 amide bonds. The van der Waals surface area contributed by atoms with Crippen molar-refractivity contribution in [3.63, 3.8) is 0 Å². The van der Waals surface area contributed by atoms with E-state index in [1.165, 1.54) is 5.56 Å². The normalized spacial score (nSPS) is 10.9. The SMILES string of the molecule is Cc1ccc(-c2ccc(CNCCC(=O)NC(C)C)o2)cc1. The summed E-state index contributed by atoms with van der Waals surface area (Å²) in [6.45, 7) is 7.25. The topological polar surface area (TPSA) is 54.3 Å². The Morgan fingerprint density at radius 2 is 1.86 bits per heavy atom. The zero-order chi connectivity index (χ0) is 15.9. The number of aryl methyl sites for hydroxylation is 1. The maximum Gasteiger partial charge on any atom is 0.221 e. The van der Waals surface area contributed by atoms with Crippen molar-refractivity contribution in [2.75, 3.05) is 6.54 Å². The average Bonchev–Trinajstić information content (AvgIpc) is 2.92. The molecule has 4 nitrogen and oxygen atoms in total. The van der Waals surface area contributed by atoms with Gasteiger partial charge in [0.05, 0.1) is 6.54 Å². The summed E-state index contributed by atoms with van der Waals surface area (Å²) < 4.78 is 5.82. The third kappa shape index (κ3) is 5.04. The van der Waals surface area contributed by atoms with Crippen molar-refractivity contribution in [3.8, 4) is 11.3 Å². The van der Waals surface area contributed by atoms with E-state index in [-0.39, 0.29) is 11.9 Å². The summed E-state index contributed by atoms with van der Waals surface area (Å²) in [5.74, 6) is 1.82. The Kier molecular flexibility index (Phi) is 5.78. The smallest absolute Gasteiger partial charge is 0.221 e. The number of hydrogen-bond acceptors (Lipinski definition) is 3. The average molecular weight is 300 g/mol. The lowest BCUT2D eigenvalue weighted by Crippen LogP contribution is -2.32. The van der Waals surface area contributed by atoms with Gasteiger partial charge < -0.3 is 15.1 Å². The van der Waals surface area contributed by atoms with Gasteiger partial charge in [0.25, 0.3) is 0 Å². The second-order valence-electron chi connectivity index (χ2n) is 5.78. The first-order valence-corrected chi connectivity index (χ1v) is 7.70. The van der Waals surface area contributed by atoms with Gasteiger partial charge >= 0.3 is 0 Å². The first kappa shape index (κ1) is 16.3. The van der Waals surface area contributed by atoms with E-state index in [9.17, 15) is 4.79 Å². The van der Waals surface area contributed by atoms with Crippen LogP contribution in [-0.2, 0) is 11.3 Å². The van der Waals surface area contributed by atoms with Crippen molar-refractivity contribution in [1.82, 2.24) is 10.6 Å². The first-order valence-electron chi connectivity index (χ1n) is 7.70. The minimum Gasteiger partial charge on any atom is -0.460 e. The van der Waals surface area contributed by atoms with Crippen LogP contribution in [0.2, 0.25) is 0 Å². The van der Waals surface area contributed by atoms with Crippen LogP contribution in [0.25, 0.3) is 11.3 Å². The third-order valence-electron chi connectivity index (χ3n) is 3.28. The molecule has 0 aliphatic carbocycles. The van der Waals surface area contributed by atoms with Crippen LogP contribution in [0.5, 0.6) is 0 Å². The lowest BCUT2D eigenvalue weighted by atomic mass is 10.1.